The number of aromatic nitrogens is 4. The molecule has 0 amide bonds. The highest BCUT2D eigenvalue weighted by atomic mass is 35.5. The molecule has 0 spiro atoms. The molecule has 0 atom stereocenters. The second kappa shape index (κ2) is 8.91. The molecule has 10 heteroatoms. The fourth-order valence-electron chi connectivity index (χ4n) is 3.16. The Bertz CT molecular complexity index is 1240. The molecule has 4 rings (SSSR count). The number of esters is 1. The maximum atomic E-state index is 12.4. The highest BCUT2D eigenvalue weighted by Crippen LogP contribution is 2.36. The van der Waals surface area contributed by atoms with E-state index in [9.17, 15) is 4.79 Å². The molecule has 31 heavy (non-hydrogen) atoms. The summed E-state index contributed by atoms with van der Waals surface area (Å²) in [6.45, 7) is 4.44. The largest absolute Gasteiger partial charge is 0.495 e. The van der Waals surface area contributed by atoms with Crippen molar-refractivity contribution in [2.24, 2.45) is 0 Å². The lowest BCUT2D eigenvalue weighted by molar-refractivity contribution is 0.0531. The number of nitrogens with one attached hydrogen (secondary N) is 2. The first-order valence-electron chi connectivity index (χ1n) is 9.56. The van der Waals surface area contributed by atoms with Gasteiger partial charge in [0, 0.05) is 12.7 Å². The minimum atomic E-state index is -0.362. The van der Waals surface area contributed by atoms with Crippen molar-refractivity contribution in [2.45, 2.75) is 20.4 Å². The number of H-pyrrole nitrogens is 1. The Balaban J connectivity index is 1.76. The fourth-order valence-corrected chi connectivity index (χ4v) is 4.52. The normalized spacial score (nSPS) is 11.0. The molecule has 1 aromatic carbocycles. The van der Waals surface area contributed by atoms with Gasteiger partial charge in [-0.1, -0.05) is 17.7 Å². The molecule has 3 aromatic heterocycles. The molecule has 0 fully saturated rings. The number of halogens is 1. The van der Waals surface area contributed by atoms with Crippen molar-refractivity contribution in [3.8, 4) is 17.3 Å². The van der Waals surface area contributed by atoms with Crippen molar-refractivity contribution in [1.29, 1.82) is 0 Å². The zero-order valence-corrected chi connectivity index (χ0v) is 18.7. The number of methoxy groups -OCH3 is 1. The predicted octanol–water partition coefficient (Wildman–Crippen LogP) is 4.84. The average molecular weight is 458 g/mol. The Kier molecular flexibility index (Phi) is 6.06. The van der Waals surface area contributed by atoms with Gasteiger partial charge in [-0.2, -0.15) is 5.10 Å². The molecule has 160 valence electrons. The highest BCUT2D eigenvalue weighted by Gasteiger charge is 2.22. The van der Waals surface area contributed by atoms with E-state index in [1.54, 1.807) is 26.3 Å². The van der Waals surface area contributed by atoms with Crippen LogP contribution in [0.15, 0.2) is 30.5 Å². The van der Waals surface area contributed by atoms with Gasteiger partial charge in [0.05, 0.1) is 24.1 Å². The van der Waals surface area contributed by atoms with E-state index in [1.807, 2.05) is 25.1 Å². The summed E-state index contributed by atoms with van der Waals surface area (Å²) >= 11 is 7.54. The third-order valence-corrected chi connectivity index (χ3v) is 6.13. The summed E-state index contributed by atoms with van der Waals surface area (Å²) in [5.74, 6) is 1.35. The van der Waals surface area contributed by atoms with Crippen LogP contribution in [0.5, 0.6) is 5.75 Å². The van der Waals surface area contributed by atoms with Crippen LogP contribution in [-0.2, 0) is 11.3 Å². The number of carbonyl (C=O) groups is 1. The fraction of sp³-hybridized carbons (Fsp3) is 0.238. The van der Waals surface area contributed by atoms with E-state index >= 15 is 0 Å². The van der Waals surface area contributed by atoms with Gasteiger partial charge >= 0.3 is 5.97 Å². The number of carbonyl (C=O) groups excluding carboxylic acids is 1. The number of thiophene rings is 1. The monoisotopic (exact) mass is 457 g/mol. The van der Waals surface area contributed by atoms with Crippen LogP contribution in [0.4, 0.5) is 5.82 Å². The summed E-state index contributed by atoms with van der Waals surface area (Å²) in [5.41, 5.74) is 2.42. The number of rotatable bonds is 7. The van der Waals surface area contributed by atoms with Gasteiger partial charge in [-0.25, -0.2) is 14.8 Å². The maximum Gasteiger partial charge on any atom is 0.348 e. The van der Waals surface area contributed by atoms with Gasteiger partial charge in [0.15, 0.2) is 5.82 Å². The third kappa shape index (κ3) is 4.19. The molecule has 0 aliphatic heterocycles. The molecule has 0 unspecified atom stereocenters. The summed E-state index contributed by atoms with van der Waals surface area (Å²) in [5, 5.41) is 11.5. The molecule has 0 aliphatic rings. The summed E-state index contributed by atoms with van der Waals surface area (Å²) in [4.78, 5) is 23.0. The van der Waals surface area contributed by atoms with E-state index in [1.165, 1.54) is 11.3 Å². The van der Waals surface area contributed by atoms with E-state index in [0.29, 0.717) is 51.0 Å². The molecule has 0 aliphatic carbocycles. The number of ether oxygens (including phenoxy) is 2. The van der Waals surface area contributed by atoms with Crippen LogP contribution in [0.2, 0.25) is 5.02 Å². The molecule has 0 saturated carbocycles. The van der Waals surface area contributed by atoms with Crippen molar-refractivity contribution in [3.63, 3.8) is 0 Å². The van der Waals surface area contributed by atoms with E-state index in [2.05, 4.69) is 20.5 Å². The summed E-state index contributed by atoms with van der Waals surface area (Å²) in [7, 11) is 1.58. The molecule has 4 aromatic rings. The summed E-state index contributed by atoms with van der Waals surface area (Å²) < 4.78 is 10.4. The van der Waals surface area contributed by atoms with Crippen molar-refractivity contribution in [2.75, 3.05) is 19.0 Å². The van der Waals surface area contributed by atoms with Gasteiger partial charge in [0.2, 0.25) is 0 Å². The van der Waals surface area contributed by atoms with E-state index < -0.39 is 0 Å². The van der Waals surface area contributed by atoms with Crippen molar-refractivity contribution in [3.05, 3.63) is 51.5 Å². The van der Waals surface area contributed by atoms with Crippen LogP contribution in [0, 0.1) is 6.92 Å². The van der Waals surface area contributed by atoms with Gasteiger partial charge in [0.25, 0.3) is 0 Å². The molecule has 2 N–H and O–H groups in total. The second-order valence-electron chi connectivity index (χ2n) is 6.65. The van der Waals surface area contributed by atoms with Crippen LogP contribution in [-0.4, -0.2) is 39.9 Å². The Morgan fingerprint density at radius 1 is 1.29 bits per heavy atom. The van der Waals surface area contributed by atoms with E-state index in [0.717, 1.165) is 16.5 Å². The first kappa shape index (κ1) is 21.1. The SMILES string of the molecule is CCOC(=O)c1sc2nc(-c3ccn[nH]3)nc(NCc3ccc(OC)c(Cl)c3)c2c1C. The highest BCUT2D eigenvalue weighted by molar-refractivity contribution is 7.20. The number of hydrogen-bond acceptors (Lipinski definition) is 8. The first-order chi connectivity index (χ1) is 15.0. The number of anilines is 1. The van der Waals surface area contributed by atoms with Gasteiger partial charge in [-0.15, -0.1) is 11.3 Å². The topological polar surface area (TPSA) is 102 Å². The quantitative estimate of drug-likeness (QED) is 0.383. The van der Waals surface area contributed by atoms with E-state index in [-0.39, 0.29) is 5.97 Å². The number of hydrogen-bond donors (Lipinski definition) is 2. The Hall–Kier alpha value is -3.17. The molecule has 0 radical (unpaired) electrons. The minimum Gasteiger partial charge on any atom is -0.495 e. The van der Waals surface area contributed by atoms with Crippen molar-refractivity contribution in [1.82, 2.24) is 20.2 Å². The molecule has 3 heterocycles. The standard InChI is InChI=1S/C21H20ClN5O3S/c1-4-30-21(28)17-11(2)16-19(23-10-12-5-6-15(29-3)13(22)9-12)25-18(26-20(16)31-17)14-7-8-24-27-14/h5-9H,4,10H2,1-3H3,(H,24,27)(H,23,25,26). The lowest BCUT2D eigenvalue weighted by Crippen LogP contribution is -2.05. The zero-order chi connectivity index (χ0) is 22.0. The van der Waals surface area contributed by atoms with Gasteiger partial charge in [-0.05, 0) is 43.2 Å². The number of fused-ring (bicyclic) bond motifs is 1. The average Bonchev–Trinajstić information content (AvgIpc) is 3.41. The molecular formula is C21H20ClN5O3S. The molecule has 0 bridgehead atoms. The van der Waals surface area contributed by atoms with Gasteiger partial charge in [-0.3, -0.25) is 5.10 Å². The van der Waals surface area contributed by atoms with Crippen LogP contribution >= 0.6 is 22.9 Å². The predicted molar refractivity (Wildman–Crippen MR) is 121 cm³/mol. The Morgan fingerprint density at radius 2 is 2.13 bits per heavy atom. The third-order valence-electron chi connectivity index (χ3n) is 4.67. The van der Waals surface area contributed by atoms with E-state index in [4.69, 9.17) is 26.1 Å². The molecule has 8 nitrogen and oxygen atoms in total. The lowest BCUT2D eigenvalue weighted by atomic mass is 10.2. The number of benzene rings is 1. The van der Waals surface area contributed by atoms with Crippen molar-refractivity contribution < 1.29 is 14.3 Å². The second-order valence-corrected chi connectivity index (χ2v) is 8.05. The summed E-state index contributed by atoms with van der Waals surface area (Å²) in [6.07, 6.45) is 1.64. The van der Waals surface area contributed by atoms with Gasteiger partial charge in [0.1, 0.15) is 27.0 Å². The Morgan fingerprint density at radius 3 is 2.81 bits per heavy atom. The van der Waals surface area contributed by atoms with Crippen LogP contribution in [0.25, 0.3) is 21.7 Å². The van der Waals surface area contributed by atoms with Crippen LogP contribution in [0.1, 0.15) is 27.7 Å². The number of nitrogens with zero attached hydrogens (tertiary/aromatic N) is 3. The molecule has 0 saturated heterocycles. The van der Waals surface area contributed by atoms with Crippen LogP contribution < -0.4 is 10.1 Å². The van der Waals surface area contributed by atoms with Gasteiger partial charge < -0.3 is 14.8 Å². The van der Waals surface area contributed by atoms with Crippen LogP contribution in [0.3, 0.4) is 0 Å². The number of aryl methyl sites for hydroxylation is 1. The zero-order valence-electron chi connectivity index (χ0n) is 17.2. The minimum absolute atomic E-state index is 0.306. The first-order valence-corrected chi connectivity index (χ1v) is 10.8. The molecular weight excluding hydrogens is 438 g/mol. The number of aromatic amines is 1. The Labute approximate surface area is 187 Å². The maximum absolute atomic E-state index is 12.4. The van der Waals surface area contributed by atoms with Crippen molar-refractivity contribution >= 4 is 44.9 Å². The lowest BCUT2D eigenvalue weighted by Gasteiger charge is -2.11. The summed E-state index contributed by atoms with van der Waals surface area (Å²) in [6, 6.07) is 7.38. The smallest absolute Gasteiger partial charge is 0.348 e.